The first-order valence-electron chi connectivity index (χ1n) is 7.90. The highest BCUT2D eigenvalue weighted by Crippen LogP contribution is 2.25. The summed E-state index contributed by atoms with van der Waals surface area (Å²) >= 11 is 0. The number of allylic oxidation sites excluding steroid dienone is 2. The lowest BCUT2D eigenvalue weighted by Gasteiger charge is -2.34. The Balaban J connectivity index is 3.27. The minimum absolute atomic E-state index is 1.12. The van der Waals surface area contributed by atoms with Gasteiger partial charge in [-0.15, -0.1) is 0 Å². The van der Waals surface area contributed by atoms with Gasteiger partial charge in [-0.3, -0.25) is 0 Å². The fourth-order valence-corrected chi connectivity index (χ4v) is 13.9. The first-order chi connectivity index (χ1) is 9.44. The third-order valence-electron chi connectivity index (χ3n) is 3.84. The summed E-state index contributed by atoms with van der Waals surface area (Å²) in [5.74, 6) is 0. The number of benzene rings is 1. The van der Waals surface area contributed by atoms with Crippen LogP contribution in [0.4, 0.5) is 0 Å². The van der Waals surface area contributed by atoms with Crippen LogP contribution in [0.5, 0.6) is 0 Å². The zero-order valence-corrected chi connectivity index (χ0v) is 18.1. The van der Waals surface area contributed by atoms with Crippen molar-refractivity contribution in [3.8, 4) is 0 Å². The molecule has 1 aromatic rings. The van der Waals surface area contributed by atoms with Crippen LogP contribution in [0, 0.1) is 0 Å². The van der Waals surface area contributed by atoms with Crippen LogP contribution in [-0.4, -0.2) is 24.2 Å². The second-order valence-corrected chi connectivity index (χ2v) is 23.5. The average molecular weight is 333 g/mol. The van der Waals surface area contributed by atoms with Gasteiger partial charge in [0.15, 0.2) is 0 Å². The van der Waals surface area contributed by atoms with Crippen LogP contribution in [-0.2, 0) is 0 Å². The van der Waals surface area contributed by atoms with E-state index in [0.29, 0.717) is 0 Å². The van der Waals surface area contributed by atoms with Gasteiger partial charge in [-0.1, -0.05) is 111 Å². The van der Waals surface area contributed by atoms with Gasteiger partial charge in [0.25, 0.3) is 0 Å². The Morgan fingerprint density at radius 3 is 1.76 bits per heavy atom. The summed E-state index contributed by atoms with van der Waals surface area (Å²) in [4.78, 5) is 1.76. The predicted molar refractivity (Wildman–Crippen MR) is 107 cm³/mol. The molecule has 1 aromatic carbocycles. The van der Waals surface area contributed by atoms with Crippen LogP contribution in [0.25, 0.3) is 0 Å². The van der Waals surface area contributed by atoms with Crippen molar-refractivity contribution in [2.75, 3.05) is 0 Å². The molecule has 0 bridgehead atoms. The molecule has 0 aliphatic heterocycles. The van der Waals surface area contributed by atoms with Gasteiger partial charge >= 0.3 is 0 Å². The van der Waals surface area contributed by atoms with Gasteiger partial charge in [0.1, 0.15) is 8.07 Å². The maximum absolute atomic E-state index is 2.51. The fourth-order valence-electron chi connectivity index (χ4n) is 2.84. The maximum Gasteiger partial charge on any atom is 0.103 e. The third-order valence-corrected chi connectivity index (χ3v) is 14.2. The standard InChI is InChI=1S/C18H32Si3/c1-19(2,3)16-12-15-18(20(4,5)6)21(7,8)17-13-10-9-11-14-17/h9-16H,1-8H3/b16-12+,18-15+. The Hall–Kier alpha value is -0.649. The molecule has 0 fully saturated rings. The SMILES string of the molecule is C[Si](C)(C)/C=C/C=C(\[Si](C)(C)C)[Si](C)(C)c1ccccc1. The van der Waals surface area contributed by atoms with E-state index in [1.54, 1.807) is 10.0 Å². The van der Waals surface area contributed by atoms with Crippen molar-refractivity contribution < 1.29 is 0 Å². The lowest BCUT2D eigenvalue weighted by molar-refractivity contribution is 1.62. The van der Waals surface area contributed by atoms with Crippen molar-refractivity contribution in [3.63, 3.8) is 0 Å². The molecule has 1 rings (SSSR count). The molecule has 0 saturated carbocycles. The molecule has 0 N–H and O–H groups in total. The molecule has 0 aliphatic carbocycles. The molecule has 116 valence electrons. The molecule has 0 saturated heterocycles. The maximum atomic E-state index is 2.51. The van der Waals surface area contributed by atoms with E-state index in [1.165, 1.54) is 0 Å². The van der Waals surface area contributed by atoms with Gasteiger partial charge in [-0.2, -0.15) is 0 Å². The molecule has 0 atom stereocenters. The van der Waals surface area contributed by atoms with Gasteiger partial charge in [0.2, 0.25) is 0 Å². The zero-order valence-electron chi connectivity index (χ0n) is 15.1. The largest absolute Gasteiger partial charge is 0.103 e. The number of rotatable bonds is 5. The summed E-state index contributed by atoms with van der Waals surface area (Å²) in [5.41, 5.74) is 2.46. The van der Waals surface area contributed by atoms with E-state index in [2.05, 4.69) is 101 Å². The monoisotopic (exact) mass is 332 g/mol. The second-order valence-electron chi connectivity index (χ2n) is 8.55. The van der Waals surface area contributed by atoms with Gasteiger partial charge in [0, 0.05) is 0 Å². The van der Waals surface area contributed by atoms with Crippen LogP contribution in [0.3, 0.4) is 0 Å². The summed E-state index contributed by atoms with van der Waals surface area (Å²) in [6.07, 6.45) is 4.83. The van der Waals surface area contributed by atoms with Crippen LogP contribution < -0.4 is 5.19 Å². The smallest absolute Gasteiger partial charge is 0.0950 e. The van der Waals surface area contributed by atoms with Gasteiger partial charge in [0.05, 0.1) is 16.1 Å². The summed E-state index contributed by atoms with van der Waals surface area (Å²) in [6.45, 7) is 19.7. The Morgan fingerprint density at radius 2 is 1.33 bits per heavy atom. The van der Waals surface area contributed by atoms with Crippen molar-refractivity contribution in [2.24, 2.45) is 0 Å². The summed E-state index contributed by atoms with van der Waals surface area (Å²) in [5, 5.41) is 1.56. The van der Waals surface area contributed by atoms with Crippen molar-refractivity contribution >= 4 is 29.4 Å². The summed E-state index contributed by atoms with van der Waals surface area (Å²) in [6, 6.07) is 11.1. The van der Waals surface area contributed by atoms with Crippen LogP contribution >= 0.6 is 0 Å². The van der Waals surface area contributed by atoms with E-state index < -0.39 is 24.2 Å². The van der Waals surface area contributed by atoms with Crippen LogP contribution in [0.1, 0.15) is 0 Å². The molecular weight excluding hydrogens is 300 g/mol. The van der Waals surface area contributed by atoms with Crippen molar-refractivity contribution in [1.82, 2.24) is 0 Å². The molecule has 0 heterocycles. The van der Waals surface area contributed by atoms with Gasteiger partial charge in [-0.25, -0.2) is 0 Å². The molecule has 0 unspecified atom stereocenters. The minimum Gasteiger partial charge on any atom is -0.0950 e. The lowest BCUT2D eigenvalue weighted by atomic mass is 10.4. The van der Waals surface area contributed by atoms with Gasteiger partial charge < -0.3 is 0 Å². The quantitative estimate of drug-likeness (QED) is 0.501. The Morgan fingerprint density at radius 1 is 0.810 bits per heavy atom. The highest BCUT2D eigenvalue weighted by atomic mass is 28.4. The molecular formula is C18H32Si3. The third kappa shape index (κ3) is 5.57. The fraction of sp³-hybridized carbons (Fsp3) is 0.444. The topological polar surface area (TPSA) is 0 Å². The normalized spacial score (nSPS) is 14.8. The summed E-state index contributed by atoms with van der Waals surface area (Å²) < 4.78 is 0. The zero-order chi connectivity index (χ0) is 16.3. The van der Waals surface area contributed by atoms with E-state index in [-0.39, 0.29) is 0 Å². The van der Waals surface area contributed by atoms with E-state index in [9.17, 15) is 0 Å². The highest BCUT2D eigenvalue weighted by molar-refractivity contribution is 7.10. The minimum atomic E-state index is -1.55. The molecule has 3 heteroatoms. The predicted octanol–water partition coefficient (Wildman–Crippen LogP) is 5.38. The second kappa shape index (κ2) is 6.63. The molecule has 0 aliphatic rings. The van der Waals surface area contributed by atoms with Crippen molar-refractivity contribution in [2.45, 2.75) is 52.4 Å². The van der Waals surface area contributed by atoms with E-state index >= 15 is 0 Å². The number of hydrogen-bond donors (Lipinski definition) is 0. The van der Waals surface area contributed by atoms with Crippen LogP contribution in [0.15, 0.2) is 53.0 Å². The molecule has 0 amide bonds. The molecule has 0 radical (unpaired) electrons. The molecule has 0 nitrogen and oxygen atoms in total. The average Bonchev–Trinajstić information content (AvgIpc) is 2.32. The molecule has 0 aromatic heterocycles. The van der Waals surface area contributed by atoms with Crippen molar-refractivity contribution in [3.05, 3.63) is 53.0 Å². The lowest BCUT2D eigenvalue weighted by Crippen LogP contribution is -2.51. The molecule has 0 spiro atoms. The van der Waals surface area contributed by atoms with E-state index in [0.717, 1.165) is 0 Å². The first-order valence-corrected chi connectivity index (χ1v) is 18.0. The van der Waals surface area contributed by atoms with E-state index in [1.807, 2.05) is 0 Å². The van der Waals surface area contributed by atoms with E-state index in [4.69, 9.17) is 0 Å². The van der Waals surface area contributed by atoms with Crippen LogP contribution in [0.2, 0.25) is 52.4 Å². The number of hydrogen-bond acceptors (Lipinski definition) is 0. The van der Waals surface area contributed by atoms with Gasteiger partial charge in [-0.05, 0) is 0 Å². The highest BCUT2D eigenvalue weighted by Gasteiger charge is 2.35. The Bertz CT molecular complexity index is 512. The van der Waals surface area contributed by atoms with Crippen molar-refractivity contribution in [1.29, 1.82) is 0 Å². The summed E-state index contributed by atoms with van der Waals surface area (Å²) in [7, 11) is -3.98. The Kier molecular flexibility index (Phi) is 5.81. The molecule has 21 heavy (non-hydrogen) atoms. The Labute approximate surface area is 135 Å². The first kappa shape index (κ1) is 18.4.